The first-order valence-corrected chi connectivity index (χ1v) is 10.3. The summed E-state index contributed by atoms with van der Waals surface area (Å²) in [6.45, 7) is 0. The molecule has 3 heteroatoms. The first kappa shape index (κ1) is 14.3. The Morgan fingerprint density at radius 1 is 0.769 bits per heavy atom. The first-order chi connectivity index (χ1) is 12.9. The van der Waals surface area contributed by atoms with E-state index >= 15 is 0 Å². The molecule has 0 aliphatic carbocycles. The summed E-state index contributed by atoms with van der Waals surface area (Å²) in [5, 5.41) is 5.22. The Balaban J connectivity index is 1.83. The van der Waals surface area contributed by atoms with E-state index in [1.54, 1.807) is 0 Å². The van der Waals surface area contributed by atoms with Crippen molar-refractivity contribution in [3.63, 3.8) is 0 Å². The van der Waals surface area contributed by atoms with Gasteiger partial charge in [-0.15, -0.1) is 0 Å². The van der Waals surface area contributed by atoms with Gasteiger partial charge in [0.1, 0.15) is 0 Å². The third-order valence-electron chi connectivity index (χ3n) is 4.89. The summed E-state index contributed by atoms with van der Waals surface area (Å²) in [6.07, 6.45) is 0. The second kappa shape index (κ2) is 5.31. The van der Waals surface area contributed by atoms with Crippen LogP contribution < -0.4 is 0 Å². The average molecular weight is 398 g/mol. The number of para-hydroxylation sites is 2. The van der Waals surface area contributed by atoms with Crippen LogP contribution in [0.25, 0.3) is 52.6 Å². The van der Waals surface area contributed by atoms with Gasteiger partial charge in [0.15, 0.2) is 0 Å². The first-order valence-electron chi connectivity index (χ1n) is 8.57. The SMILES string of the molecule is c1ccc2c(c1)cc(-c1nc3ccccc3o1)c1c3ccccc3[se]c21. The summed E-state index contributed by atoms with van der Waals surface area (Å²) in [5.74, 6) is 0.709. The van der Waals surface area contributed by atoms with Gasteiger partial charge in [-0.3, -0.25) is 0 Å². The van der Waals surface area contributed by atoms with Crippen molar-refractivity contribution >= 4 is 55.7 Å². The predicted octanol–water partition coefficient (Wildman–Crippen LogP) is 6.01. The molecule has 0 N–H and O–H groups in total. The number of nitrogens with zero attached hydrogens (tertiary/aromatic N) is 1. The third kappa shape index (κ3) is 1.96. The average Bonchev–Trinajstić information content (AvgIpc) is 3.29. The van der Waals surface area contributed by atoms with Gasteiger partial charge >= 0.3 is 155 Å². The van der Waals surface area contributed by atoms with E-state index in [0.717, 1.165) is 16.7 Å². The summed E-state index contributed by atoms with van der Waals surface area (Å²) >= 11 is 0.299. The number of oxazole rings is 1. The molecule has 2 aromatic heterocycles. The Hall–Kier alpha value is -2.87. The molecule has 0 amide bonds. The van der Waals surface area contributed by atoms with E-state index < -0.39 is 0 Å². The molecule has 0 radical (unpaired) electrons. The van der Waals surface area contributed by atoms with Crippen LogP contribution in [0.5, 0.6) is 0 Å². The fourth-order valence-corrected chi connectivity index (χ4v) is 6.37. The Morgan fingerprint density at radius 2 is 1.54 bits per heavy atom. The molecule has 0 aliphatic heterocycles. The molecule has 0 atom stereocenters. The number of benzene rings is 4. The minimum absolute atomic E-state index is 0.299. The van der Waals surface area contributed by atoms with Crippen molar-refractivity contribution in [3.05, 3.63) is 78.9 Å². The van der Waals surface area contributed by atoms with Crippen LogP contribution >= 0.6 is 0 Å². The second-order valence-corrected chi connectivity index (χ2v) is 8.64. The van der Waals surface area contributed by atoms with Gasteiger partial charge in [-0.2, -0.15) is 0 Å². The summed E-state index contributed by atoms with van der Waals surface area (Å²) in [7, 11) is 0. The predicted molar refractivity (Wildman–Crippen MR) is 109 cm³/mol. The van der Waals surface area contributed by atoms with Crippen LogP contribution in [0, 0.1) is 0 Å². The van der Waals surface area contributed by atoms with Crippen LogP contribution in [-0.4, -0.2) is 19.5 Å². The van der Waals surface area contributed by atoms with E-state index in [0.29, 0.717) is 20.4 Å². The van der Waals surface area contributed by atoms with E-state index in [4.69, 9.17) is 9.40 Å². The molecule has 4 aromatic carbocycles. The van der Waals surface area contributed by atoms with Crippen molar-refractivity contribution in [2.45, 2.75) is 0 Å². The fraction of sp³-hybridized carbons (Fsp3) is 0. The van der Waals surface area contributed by atoms with Gasteiger partial charge in [-0.25, -0.2) is 0 Å². The van der Waals surface area contributed by atoms with Crippen molar-refractivity contribution in [2.75, 3.05) is 0 Å². The Labute approximate surface area is 155 Å². The van der Waals surface area contributed by atoms with E-state index in [-0.39, 0.29) is 0 Å². The van der Waals surface area contributed by atoms with E-state index in [1.807, 2.05) is 24.3 Å². The summed E-state index contributed by atoms with van der Waals surface area (Å²) in [4.78, 5) is 4.78. The van der Waals surface area contributed by atoms with E-state index in [1.165, 1.54) is 30.1 Å². The minimum atomic E-state index is 0.299. The van der Waals surface area contributed by atoms with Gasteiger partial charge in [0.05, 0.1) is 0 Å². The molecule has 122 valence electrons. The summed E-state index contributed by atoms with van der Waals surface area (Å²) < 4.78 is 9.01. The zero-order valence-corrected chi connectivity index (χ0v) is 15.5. The number of fused-ring (bicyclic) bond motifs is 6. The monoisotopic (exact) mass is 399 g/mol. The van der Waals surface area contributed by atoms with Gasteiger partial charge in [-0.1, -0.05) is 0 Å². The normalized spacial score (nSPS) is 11.8. The van der Waals surface area contributed by atoms with Crippen LogP contribution in [0.3, 0.4) is 0 Å². The Kier molecular flexibility index (Phi) is 2.92. The molecule has 0 aliphatic rings. The van der Waals surface area contributed by atoms with Crippen LogP contribution in [-0.2, 0) is 0 Å². The van der Waals surface area contributed by atoms with E-state index in [9.17, 15) is 0 Å². The molecule has 0 saturated heterocycles. The topological polar surface area (TPSA) is 26.0 Å². The molecule has 0 spiro atoms. The molecule has 0 bridgehead atoms. The molecule has 0 unspecified atom stereocenters. The van der Waals surface area contributed by atoms with Gasteiger partial charge < -0.3 is 0 Å². The van der Waals surface area contributed by atoms with Crippen LogP contribution in [0.15, 0.2) is 83.3 Å². The zero-order valence-electron chi connectivity index (χ0n) is 13.8. The van der Waals surface area contributed by atoms with Gasteiger partial charge in [0, 0.05) is 0 Å². The molecule has 6 aromatic rings. The maximum atomic E-state index is 6.14. The maximum absolute atomic E-state index is 6.14. The fourth-order valence-electron chi connectivity index (χ4n) is 3.72. The summed E-state index contributed by atoms with van der Waals surface area (Å²) in [6, 6.07) is 27.6. The molecule has 0 fully saturated rings. The van der Waals surface area contributed by atoms with Gasteiger partial charge in [0.25, 0.3) is 0 Å². The number of hydrogen-bond acceptors (Lipinski definition) is 2. The number of aromatic nitrogens is 1. The Bertz CT molecular complexity index is 1410. The number of rotatable bonds is 1. The molecule has 0 saturated carbocycles. The molecule has 6 rings (SSSR count). The molecule has 2 heterocycles. The van der Waals surface area contributed by atoms with Crippen LogP contribution in [0.4, 0.5) is 0 Å². The van der Waals surface area contributed by atoms with Crippen molar-refractivity contribution in [1.82, 2.24) is 4.98 Å². The summed E-state index contributed by atoms with van der Waals surface area (Å²) in [5.41, 5.74) is 2.84. The van der Waals surface area contributed by atoms with Crippen molar-refractivity contribution in [1.29, 1.82) is 0 Å². The van der Waals surface area contributed by atoms with Crippen LogP contribution in [0.2, 0.25) is 0 Å². The van der Waals surface area contributed by atoms with Gasteiger partial charge in [0.2, 0.25) is 0 Å². The molecule has 2 nitrogen and oxygen atoms in total. The molecule has 26 heavy (non-hydrogen) atoms. The standard InChI is InChI=1S/C23H13NOSe/c1-2-8-15-14(7-1)13-17(23-24-18-10-4-5-11-19(18)25-23)21-16-9-3-6-12-20(16)26-22(15)21/h1-13H. The van der Waals surface area contributed by atoms with Gasteiger partial charge in [-0.05, 0) is 0 Å². The Morgan fingerprint density at radius 3 is 2.46 bits per heavy atom. The number of hydrogen-bond donors (Lipinski definition) is 0. The van der Waals surface area contributed by atoms with Crippen LogP contribution in [0.1, 0.15) is 0 Å². The third-order valence-corrected chi connectivity index (χ3v) is 7.42. The quantitative estimate of drug-likeness (QED) is 0.317. The van der Waals surface area contributed by atoms with E-state index in [2.05, 4.69) is 54.6 Å². The van der Waals surface area contributed by atoms with Crippen molar-refractivity contribution in [3.8, 4) is 11.5 Å². The molecular formula is C23H13NOSe. The molecular weight excluding hydrogens is 385 g/mol. The second-order valence-electron chi connectivity index (χ2n) is 6.43. The van der Waals surface area contributed by atoms with Crippen molar-refractivity contribution < 1.29 is 4.42 Å². The van der Waals surface area contributed by atoms with Crippen molar-refractivity contribution in [2.24, 2.45) is 0 Å². The zero-order chi connectivity index (χ0) is 17.1.